The first kappa shape index (κ1) is 30.4. The lowest BCUT2D eigenvalue weighted by Crippen LogP contribution is -2.53. The normalized spacial score (nSPS) is 21.2. The number of pyridine rings is 1. The lowest BCUT2D eigenvalue weighted by molar-refractivity contribution is -0.298. The lowest BCUT2D eigenvalue weighted by Gasteiger charge is -2.42. The van der Waals surface area contributed by atoms with Gasteiger partial charge >= 0.3 is 6.18 Å². The maximum atomic E-state index is 14.6. The van der Waals surface area contributed by atoms with Crippen LogP contribution in [0.15, 0.2) is 60.0 Å². The van der Waals surface area contributed by atoms with E-state index in [2.05, 4.69) is 50.7 Å². The van der Waals surface area contributed by atoms with E-state index in [-0.39, 0.29) is 48.6 Å². The molecule has 4 heterocycles. The van der Waals surface area contributed by atoms with Crippen molar-refractivity contribution in [3.63, 3.8) is 0 Å². The monoisotopic (exact) mass is 634 g/mol. The quantitative estimate of drug-likeness (QED) is 0.277. The summed E-state index contributed by atoms with van der Waals surface area (Å²) in [6, 6.07) is 11.7. The number of aromatic nitrogens is 5. The molecule has 13 heteroatoms. The highest BCUT2D eigenvalue weighted by molar-refractivity contribution is 5.77. The first-order chi connectivity index (χ1) is 22.0. The van der Waals surface area contributed by atoms with Crippen molar-refractivity contribution >= 4 is 28.4 Å². The number of hydrogen-bond acceptors (Lipinski definition) is 8. The summed E-state index contributed by atoms with van der Waals surface area (Å²) >= 11 is 0. The van der Waals surface area contributed by atoms with Gasteiger partial charge in [-0.1, -0.05) is 12.1 Å². The minimum atomic E-state index is -4.92. The predicted molar refractivity (Wildman–Crippen MR) is 170 cm³/mol. The van der Waals surface area contributed by atoms with Gasteiger partial charge in [-0.3, -0.25) is 4.79 Å². The zero-order valence-corrected chi connectivity index (χ0v) is 25.9. The van der Waals surface area contributed by atoms with Crippen LogP contribution in [0, 0.1) is 5.41 Å². The molecule has 7 rings (SSSR count). The first-order valence-electron chi connectivity index (χ1n) is 15.6. The van der Waals surface area contributed by atoms with E-state index in [1.807, 2.05) is 24.3 Å². The Morgan fingerprint density at radius 1 is 1.09 bits per heavy atom. The number of piperidine rings is 1. The Labute approximate surface area is 264 Å². The number of anilines is 3. The van der Waals surface area contributed by atoms with Crippen LogP contribution < -0.4 is 15.8 Å². The van der Waals surface area contributed by atoms with Gasteiger partial charge < -0.3 is 20.2 Å². The number of aliphatic hydroxyl groups is 1. The molecule has 2 N–H and O–H groups in total. The number of aryl methyl sites for hydroxylation is 1. The maximum absolute atomic E-state index is 14.6. The van der Waals surface area contributed by atoms with E-state index in [1.54, 1.807) is 12.1 Å². The summed E-state index contributed by atoms with van der Waals surface area (Å²) in [5, 5.41) is 14.7. The molecule has 1 aromatic carbocycles. The number of rotatable bonds is 7. The van der Waals surface area contributed by atoms with Crippen molar-refractivity contribution < 1.29 is 18.3 Å². The van der Waals surface area contributed by atoms with Gasteiger partial charge in [0.25, 0.3) is 5.56 Å². The number of nitrogens with one attached hydrogen (secondary N) is 1. The van der Waals surface area contributed by atoms with Crippen LogP contribution in [0.5, 0.6) is 0 Å². The predicted octanol–water partition coefficient (Wildman–Crippen LogP) is 4.91. The average Bonchev–Trinajstić information content (AvgIpc) is 3.78. The van der Waals surface area contributed by atoms with Gasteiger partial charge in [-0.05, 0) is 88.5 Å². The summed E-state index contributed by atoms with van der Waals surface area (Å²) in [7, 11) is 4.24. The van der Waals surface area contributed by atoms with Gasteiger partial charge in [0.1, 0.15) is 5.39 Å². The minimum Gasteiger partial charge on any atom is -0.375 e. The van der Waals surface area contributed by atoms with Crippen LogP contribution in [0.1, 0.15) is 43.4 Å². The summed E-state index contributed by atoms with van der Waals surface area (Å²) < 4.78 is 46.4. The van der Waals surface area contributed by atoms with Crippen LogP contribution in [0.2, 0.25) is 0 Å². The first-order valence-corrected chi connectivity index (χ1v) is 15.6. The fourth-order valence-electron chi connectivity index (χ4n) is 7.25. The zero-order valence-electron chi connectivity index (χ0n) is 25.9. The third kappa shape index (κ3) is 4.79. The molecule has 1 spiro atoms. The molecule has 1 saturated heterocycles. The van der Waals surface area contributed by atoms with Crippen LogP contribution in [0.4, 0.5) is 30.5 Å². The Hall–Kier alpha value is -4.23. The van der Waals surface area contributed by atoms with E-state index in [4.69, 9.17) is 0 Å². The summed E-state index contributed by atoms with van der Waals surface area (Å²) in [5.41, 5.74) is -2.82. The number of hydrogen-bond donors (Lipinski definition) is 2. The van der Waals surface area contributed by atoms with E-state index >= 15 is 0 Å². The molecule has 46 heavy (non-hydrogen) atoms. The minimum absolute atomic E-state index is 0.0418. The zero-order chi connectivity index (χ0) is 32.4. The van der Waals surface area contributed by atoms with Gasteiger partial charge in [0, 0.05) is 42.1 Å². The number of alkyl halides is 3. The standard InChI is InChI=1S/C33H37F3N8O2/c1-4-17-43-29(45)25-20-37-30(38-22-6-8-24(9-7-22)42-18-12-23(13-19-42)41(2)3)40-28(25)44(43)26-10-5-21-11-14-31(15-16-31)32(46,27(21)39-26)33(34,35)36/h4-10,20,23,46H,1,11-19H2,2-3H3,(H,37,38,40). The van der Waals surface area contributed by atoms with Gasteiger partial charge in [0.15, 0.2) is 11.5 Å². The third-order valence-corrected chi connectivity index (χ3v) is 10.1. The molecular formula is C33H37F3N8O2. The van der Waals surface area contributed by atoms with Gasteiger partial charge in [0.05, 0.1) is 12.2 Å². The molecule has 1 atom stereocenters. The van der Waals surface area contributed by atoms with Crippen molar-refractivity contribution in [2.24, 2.45) is 5.41 Å². The molecule has 1 saturated carbocycles. The highest BCUT2D eigenvalue weighted by Crippen LogP contribution is 2.68. The molecule has 0 radical (unpaired) electrons. The Morgan fingerprint density at radius 3 is 2.43 bits per heavy atom. The fourth-order valence-corrected chi connectivity index (χ4v) is 7.25. The number of allylic oxidation sites excluding steroid dienone is 1. The van der Waals surface area contributed by atoms with E-state index in [0.29, 0.717) is 18.0 Å². The largest absolute Gasteiger partial charge is 0.423 e. The second kappa shape index (κ2) is 10.9. The van der Waals surface area contributed by atoms with Gasteiger partial charge in [-0.15, -0.1) is 6.58 Å². The van der Waals surface area contributed by atoms with Gasteiger partial charge in [-0.2, -0.15) is 18.2 Å². The van der Waals surface area contributed by atoms with Crippen molar-refractivity contribution in [3.8, 4) is 5.82 Å². The molecule has 2 aliphatic carbocycles. The molecule has 3 aliphatic rings. The summed E-state index contributed by atoms with van der Waals surface area (Å²) in [4.78, 5) is 31.5. The summed E-state index contributed by atoms with van der Waals surface area (Å²) in [6.45, 7) is 5.76. The van der Waals surface area contributed by atoms with Gasteiger partial charge in [0.2, 0.25) is 11.5 Å². The van der Waals surface area contributed by atoms with E-state index in [0.717, 1.165) is 37.3 Å². The smallest absolute Gasteiger partial charge is 0.375 e. The van der Waals surface area contributed by atoms with Crippen LogP contribution >= 0.6 is 0 Å². The molecule has 0 bridgehead atoms. The molecule has 242 valence electrons. The lowest BCUT2D eigenvalue weighted by atomic mass is 9.71. The van der Waals surface area contributed by atoms with Crippen LogP contribution in [-0.4, -0.2) is 73.7 Å². The number of benzene rings is 1. The molecule has 10 nitrogen and oxygen atoms in total. The van der Waals surface area contributed by atoms with Crippen LogP contribution in [-0.2, 0) is 18.6 Å². The summed E-state index contributed by atoms with van der Waals surface area (Å²) in [6.07, 6.45) is 1.38. The Bertz CT molecular complexity index is 1850. The summed E-state index contributed by atoms with van der Waals surface area (Å²) in [5.74, 6) is 0.248. The van der Waals surface area contributed by atoms with Crippen LogP contribution in [0.3, 0.4) is 0 Å². The molecular weight excluding hydrogens is 597 g/mol. The Balaban J connectivity index is 1.24. The second-order valence-electron chi connectivity index (χ2n) is 12.9. The number of fused-ring (bicyclic) bond motifs is 2. The SMILES string of the molecule is C=CCn1c(=O)c2cnc(Nc3ccc(N4CCC(N(C)C)CC4)cc3)nc2n1-c1ccc2c(n1)C(O)(C(F)(F)F)C1(CC2)CC1. The average molecular weight is 635 g/mol. The number of halogens is 3. The third-order valence-electron chi connectivity index (χ3n) is 10.1. The molecule has 4 aromatic rings. The maximum Gasteiger partial charge on any atom is 0.423 e. The van der Waals surface area contributed by atoms with Crippen molar-refractivity contribution in [1.82, 2.24) is 29.2 Å². The van der Waals surface area contributed by atoms with Crippen molar-refractivity contribution in [3.05, 3.63) is 76.9 Å². The number of nitrogens with zero attached hydrogens (tertiary/aromatic N) is 7. The molecule has 1 aliphatic heterocycles. The highest BCUT2D eigenvalue weighted by atomic mass is 19.4. The Morgan fingerprint density at radius 2 is 1.80 bits per heavy atom. The Kier molecular flexibility index (Phi) is 7.24. The highest BCUT2D eigenvalue weighted by Gasteiger charge is 2.74. The second-order valence-corrected chi connectivity index (χ2v) is 12.9. The van der Waals surface area contributed by atoms with Crippen molar-refractivity contribution in [2.45, 2.75) is 62.9 Å². The van der Waals surface area contributed by atoms with E-state index in [1.165, 1.54) is 21.6 Å². The van der Waals surface area contributed by atoms with Crippen LogP contribution in [0.25, 0.3) is 16.9 Å². The van der Waals surface area contributed by atoms with Gasteiger partial charge in [-0.25, -0.2) is 19.3 Å². The topological polar surface area (TPSA) is 104 Å². The molecule has 2 fully saturated rings. The van der Waals surface area contributed by atoms with Crippen molar-refractivity contribution in [2.75, 3.05) is 37.4 Å². The van der Waals surface area contributed by atoms with Crippen molar-refractivity contribution in [1.29, 1.82) is 0 Å². The van der Waals surface area contributed by atoms with E-state index in [9.17, 15) is 23.1 Å². The van der Waals surface area contributed by atoms with E-state index < -0.39 is 28.4 Å². The molecule has 3 aromatic heterocycles. The fraction of sp³-hybridized carbons (Fsp3) is 0.455. The molecule has 0 amide bonds. The molecule has 1 unspecified atom stereocenters.